The van der Waals surface area contributed by atoms with Crippen molar-refractivity contribution in [3.8, 4) is 0 Å². The summed E-state index contributed by atoms with van der Waals surface area (Å²) in [5, 5.41) is 10.2. The SMILES string of the molecule is CCn1nc(C)cc1C(=O)Nc1nc2cc(C(=O)OC)cc3c2n1[C@@H](CCCNC(=O)OCc1ccccc1)CN3C. The number of amides is 2. The van der Waals surface area contributed by atoms with Crippen LogP contribution < -0.4 is 15.5 Å². The van der Waals surface area contributed by atoms with Crippen LogP contribution in [0.5, 0.6) is 0 Å². The second-order valence-electron chi connectivity index (χ2n) is 10.3. The summed E-state index contributed by atoms with van der Waals surface area (Å²) >= 11 is 0. The first-order valence-electron chi connectivity index (χ1n) is 13.9. The monoisotopic (exact) mass is 573 g/mol. The Balaban J connectivity index is 1.36. The first-order valence-corrected chi connectivity index (χ1v) is 13.9. The van der Waals surface area contributed by atoms with Gasteiger partial charge in [-0.3, -0.25) is 14.8 Å². The number of hydrogen-bond acceptors (Lipinski definition) is 8. The van der Waals surface area contributed by atoms with Gasteiger partial charge in [-0.25, -0.2) is 14.6 Å². The number of methoxy groups -OCH3 is 1. The quantitative estimate of drug-likeness (QED) is 0.212. The molecular formula is C30H35N7O5. The van der Waals surface area contributed by atoms with Crippen molar-refractivity contribution in [2.45, 2.75) is 45.9 Å². The van der Waals surface area contributed by atoms with Crippen molar-refractivity contribution < 1.29 is 23.9 Å². The first-order chi connectivity index (χ1) is 20.3. The Morgan fingerprint density at radius 2 is 1.90 bits per heavy atom. The van der Waals surface area contributed by atoms with Crippen molar-refractivity contribution in [2.24, 2.45) is 0 Å². The molecule has 0 spiro atoms. The number of carbonyl (C=O) groups is 3. The Labute approximate surface area is 243 Å². The maximum Gasteiger partial charge on any atom is 0.407 e. The van der Waals surface area contributed by atoms with Gasteiger partial charge in [-0.2, -0.15) is 5.10 Å². The minimum absolute atomic E-state index is 0.0632. The predicted molar refractivity (Wildman–Crippen MR) is 158 cm³/mol. The van der Waals surface area contributed by atoms with Crippen LogP contribution in [0.3, 0.4) is 0 Å². The van der Waals surface area contributed by atoms with Gasteiger partial charge in [0.15, 0.2) is 0 Å². The fourth-order valence-electron chi connectivity index (χ4n) is 5.33. The molecular weight excluding hydrogens is 538 g/mol. The molecule has 2 N–H and O–H groups in total. The molecule has 3 heterocycles. The Bertz CT molecular complexity index is 1610. The summed E-state index contributed by atoms with van der Waals surface area (Å²) in [6, 6.07) is 14.7. The van der Waals surface area contributed by atoms with E-state index in [4.69, 9.17) is 14.5 Å². The highest BCUT2D eigenvalue weighted by Crippen LogP contribution is 2.39. The Morgan fingerprint density at radius 3 is 2.64 bits per heavy atom. The molecule has 1 aliphatic heterocycles. The fourth-order valence-corrected chi connectivity index (χ4v) is 5.33. The zero-order chi connectivity index (χ0) is 29.8. The molecule has 12 nitrogen and oxygen atoms in total. The maximum absolute atomic E-state index is 13.4. The first kappa shape index (κ1) is 28.7. The minimum atomic E-state index is -0.471. The molecule has 0 radical (unpaired) electrons. The number of alkyl carbamates (subject to hydrolysis) is 1. The highest BCUT2D eigenvalue weighted by molar-refractivity contribution is 6.05. The van der Waals surface area contributed by atoms with Crippen LogP contribution in [0.1, 0.15) is 57.9 Å². The van der Waals surface area contributed by atoms with Crippen molar-refractivity contribution in [1.82, 2.24) is 24.6 Å². The molecule has 1 aliphatic rings. The number of likely N-dealkylation sites (N-methyl/N-ethyl adjacent to an activating group) is 1. The number of aryl methyl sites for hydroxylation is 2. The number of imidazole rings is 1. The lowest BCUT2D eigenvalue weighted by Crippen LogP contribution is -2.34. The zero-order valence-electron chi connectivity index (χ0n) is 24.2. The van der Waals surface area contributed by atoms with Crippen LogP contribution in [0.15, 0.2) is 48.5 Å². The van der Waals surface area contributed by atoms with Gasteiger partial charge in [-0.1, -0.05) is 30.3 Å². The number of rotatable bonds is 10. The van der Waals surface area contributed by atoms with E-state index < -0.39 is 12.1 Å². The lowest BCUT2D eigenvalue weighted by atomic mass is 10.0. The van der Waals surface area contributed by atoms with Crippen LogP contribution in [0, 0.1) is 6.92 Å². The van der Waals surface area contributed by atoms with Crippen molar-refractivity contribution in [2.75, 3.05) is 37.5 Å². The Kier molecular flexibility index (Phi) is 8.41. The highest BCUT2D eigenvalue weighted by Gasteiger charge is 2.31. The van der Waals surface area contributed by atoms with Crippen LogP contribution in [-0.2, 0) is 22.6 Å². The summed E-state index contributed by atoms with van der Waals surface area (Å²) in [4.78, 5) is 44.8. The van der Waals surface area contributed by atoms with E-state index >= 15 is 0 Å². The van der Waals surface area contributed by atoms with Gasteiger partial charge >= 0.3 is 12.1 Å². The average molecular weight is 574 g/mol. The lowest BCUT2D eigenvalue weighted by molar-refractivity contribution is 0.0600. The minimum Gasteiger partial charge on any atom is -0.465 e. The molecule has 4 aromatic rings. The summed E-state index contributed by atoms with van der Waals surface area (Å²) in [6.07, 6.45) is 0.895. The van der Waals surface area contributed by atoms with Gasteiger partial charge in [0, 0.05) is 26.7 Å². The van der Waals surface area contributed by atoms with Crippen molar-refractivity contribution >= 4 is 40.6 Å². The number of anilines is 2. The van der Waals surface area contributed by atoms with Crippen molar-refractivity contribution in [3.05, 3.63) is 71.0 Å². The summed E-state index contributed by atoms with van der Waals surface area (Å²) in [7, 11) is 3.30. The molecule has 2 amide bonds. The predicted octanol–water partition coefficient (Wildman–Crippen LogP) is 4.30. The highest BCUT2D eigenvalue weighted by atomic mass is 16.5. The van der Waals surface area contributed by atoms with Gasteiger partial charge in [0.25, 0.3) is 5.91 Å². The second-order valence-corrected chi connectivity index (χ2v) is 10.3. The molecule has 0 bridgehead atoms. The Hall–Kier alpha value is -4.87. The maximum atomic E-state index is 13.4. The molecule has 12 heteroatoms. The van der Waals surface area contributed by atoms with E-state index in [-0.39, 0.29) is 18.6 Å². The van der Waals surface area contributed by atoms with E-state index in [1.807, 2.05) is 55.8 Å². The zero-order valence-corrected chi connectivity index (χ0v) is 24.2. The number of esters is 1. The molecule has 220 valence electrons. The fraction of sp³-hybridized carbons (Fsp3) is 0.367. The number of carbonyl (C=O) groups excluding carboxylic acids is 3. The summed E-state index contributed by atoms with van der Waals surface area (Å²) < 4.78 is 14.0. The van der Waals surface area contributed by atoms with E-state index in [1.54, 1.807) is 22.9 Å². The standard InChI is InChI=1S/C30H35N7O5/c1-5-36-25(14-19(2)34-36)27(38)33-29-32-23-15-21(28(39)41-4)16-24-26(23)37(29)22(17-35(24)3)12-9-13-31-30(40)42-18-20-10-7-6-8-11-20/h6-8,10-11,14-16,22H,5,9,12-13,17-18H2,1-4H3,(H,31,40)(H,32,33,38)/t22-/m0/s1. The van der Waals surface area contributed by atoms with E-state index in [0.29, 0.717) is 55.2 Å². The molecule has 0 aliphatic carbocycles. The van der Waals surface area contributed by atoms with Gasteiger partial charge in [0.2, 0.25) is 5.95 Å². The van der Waals surface area contributed by atoms with E-state index in [0.717, 1.165) is 22.5 Å². The van der Waals surface area contributed by atoms with Gasteiger partial charge in [0.05, 0.1) is 41.1 Å². The molecule has 0 fully saturated rings. The molecule has 0 saturated carbocycles. The van der Waals surface area contributed by atoms with Gasteiger partial charge in [-0.15, -0.1) is 0 Å². The van der Waals surface area contributed by atoms with Crippen molar-refractivity contribution in [3.63, 3.8) is 0 Å². The molecule has 2 aromatic heterocycles. The second kappa shape index (κ2) is 12.3. The van der Waals surface area contributed by atoms with Crippen LogP contribution in [0.2, 0.25) is 0 Å². The molecule has 0 unspecified atom stereocenters. The van der Waals surface area contributed by atoms with Crippen LogP contribution in [0.25, 0.3) is 11.0 Å². The van der Waals surface area contributed by atoms with E-state index in [9.17, 15) is 14.4 Å². The van der Waals surface area contributed by atoms with Gasteiger partial charge in [0.1, 0.15) is 12.3 Å². The molecule has 5 rings (SSSR count). The number of benzene rings is 2. The van der Waals surface area contributed by atoms with Crippen molar-refractivity contribution in [1.29, 1.82) is 0 Å². The van der Waals surface area contributed by atoms with Gasteiger partial charge < -0.3 is 24.3 Å². The van der Waals surface area contributed by atoms with E-state index in [2.05, 4.69) is 20.6 Å². The van der Waals surface area contributed by atoms with E-state index in [1.165, 1.54) is 7.11 Å². The topological polar surface area (TPSA) is 133 Å². The van der Waals surface area contributed by atoms with Crippen LogP contribution in [0.4, 0.5) is 16.4 Å². The smallest absolute Gasteiger partial charge is 0.407 e. The third kappa shape index (κ3) is 5.92. The Morgan fingerprint density at radius 1 is 1.12 bits per heavy atom. The molecule has 2 aromatic carbocycles. The number of nitrogens with one attached hydrogen (secondary N) is 2. The van der Waals surface area contributed by atoms with Crippen LogP contribution >= 0.6 is 0 Å². The number of hydrogen-bond donors (Lipinski definition) is 2. The van der Waals surface area contributed by atoms with Gasteiger partial charge in [-0.05, 0) is 50.5 Å². The summed E-state index contributed by atoms with van der Waals surface area (Å²) in [5.74, 6) is -0.399. The normalized spacial score (nSPS) is 14.1. The molecule has 42 heavy (non-hydrogen) atoms. The number of ether oxygens (including phenoxy) is 2. The summed E-state index contributed by atoms with van der Waals surface area (Å²) in [5.41, 5.74) is 4.68. The third-order valence-corrected chi connectivity index (χ3v) is 7.30. The molecule has 0 saturated heterocycles. The number of nitrogens with zero attached hydrogens (tertiary/aromatic N) is 5. The summed E-state index contributed by atoms with van der Waals surface area (Å²) in [6.45, 7) is 5.56. The largest absolute Gasteiger partial charge is 0.465 e. The lowest BCUT2D eigenvalue weighted by Gasteiger charge is -2.34. The van der Waals surface area contributed by atoms with Crippen LogP contribution in [-0.4, -0.2) is 64.5 Å². The molecule has 1 atom stereocenters. The number of aromatic nitrogens is 4. The average Bonchev–Trinajstić information content (AvgIpc) is 3.56. The third-order valence-electron chi connectivity index (χ3n) is 7.30.